The van der Waals surface area contributed by atoms with Crippen molar-refractivity contribution in [1.29, 1.82) is 0 Å². The van der Waals surface area contributed by atoms with E-state index in [1.807, 2.05) is 0 Å². The number of nitrogens with one attached hydrogen (secondary N) is 1. The number of hydrogen-bond donors (Lipinski definition) is 1. The molecule has 2 saturated carbocycles. The summed E-state index contributed by atoms with van der Waals surface area (Å²) in [5.41, 5.74) is 0.439. The molecule has 2 amide bonds. The van der Waals surface area contributed by atoms with E-state index in [4.69, 9.17) is 23.2 Å². The summed E-state index contributed by atoms with van der Waals surface area (Å²) in [5.74, 6) is -1.25. The summed E-state index contributed by atoms with van der Waals surface area (Å²) in [5, 5.41) is 3.26. The lowest BCUT2D eigenvalue weighted by atomic mass is 10.0. The summed E-state index contributed by atoms with van der Waals surface area (Å²) in [4.78, 5) is 27.3. The van der Waals surface area contributed by atoms with Gasteiger partial charge in [-0.05, 0) is 37.8 Å². The zero-order chi connectivity index (χ0) is 19.4. The highest BCUT2D eigenvalue weighted by molar-refractivity contribution is 6.31. The molecule has 2 fully saturated rings. The Bertz CT molecular complexity index is 689. The predicted octanol–water partition coefficient (Wildman–Crippen LogP) is 4.59. The molecule has 1 aromatic carbocycles. The van der Waals surface area contributed by atoms with Crippen LogP contribution in [-0.4, -0.2) is 34.7 Å². The van der Waals surface area contributed by atoms with Gasteiger partial charge in [-0.3, -0.25) is 9.59 Å². The lowest BCUT2D eigenvalue weighted by Crippen LogP contribution is -2.48. The molecule has 7 heteroatoms. The van der Waals surface area contributed by atoms with Gasteiger partial charge in [0, 0.05) is 22.7 Å². The van der Waals surface area contributed by atoms with Gasteiger partial charge < -0.3 is 10.2 Å². The molecule has 1 N–H and O–H groups in total. The number of halogens is 3. The third-order valence-corrected chi connectivity index (χ3v) is 5.88. The second-order valence-corrected chi connectivity index (χ2v) is 8.11. The van der Waals surface area contributed by atoms with Crippen molar-refractivity contribution in [3.8, 4) is 0 Å². The highest BCUT2D eigenvalue weighted by Crippen LogP contribution is 2.37. The molecule has 148 valence electrons. The average molecular weight is 415 g/mol. The molecule has 3 rings (SSSR count). The fourth-order valence-electron chi connectivity index (χ4n) is 3.82. The average Bonchev–Trinajstić information content (AvgIpc) is 3.47. The molecule has 0 heterocycles. The van der Waals surface area contributed by atoms with Crippen LogP contribution in [0.1, 0.15) is 63.0 Å². The Morgan fingerprint density at radius 1 is 1.15 bits per heavy atom. The van der Waals surface area contributed by atoms with Crippen LogP contribution in [0.25, 0.3) is 0 Å². The van der Waals surface area contributed by atoms with E-state index in [2.05, 4.69) is 5.32 Å². The van der Waals surface area contributed by atoms with Gasteiger partial charge in [-0.2, -0.15) is 0 Å². The van der Waals surface area contributed by atoms with Gasteiger partial charge in [0.15, 0.2) is 0 Å². The van der Waals surface area contributed by atoms with E-state index in [1.165, 1.54) is 35.9 Å². The van der Waals surface area contributed by atoms with E-state index in [-0.39, 0.29) is 34.8 Å². The summed E-state index contributed by atoms with van der Waals surface area (Å²) in [6.07, 6.45) is 8.05. The SMILES string of the molecule is O=C(NC1CCCCCC1)C(c1ccc(F)cc1Cl)N(C(=O)CCl)C1CC1. The molecule has 2 aliphatic carbocycles. The summed E-state index contributed by atoms with van der Waals surface area (Å²) < 4.78 is 13.5. The largest absolute Gasteiger partial charge is 0.351 e. The Kier molecular flexibility index (Phi) is 6.99. The van der Waals surface area contributed by atoms with Gasteiger partial charge in [0.2, 0.25) is 11.8 Å². The minimum absolute atomic E-state index is 0.0257. The van der Waals surface area contributed by atoms with Crippen molar-refractivity contribution in [2.45, 2.75) is 69.5 Å². The molecule has 0 spiro atoms. The summed E-state index contributed by atoms with van der Waals surface area (Å²) in [6, 6.07) is 3.12. The normalized spacial score (nSPS) is 19.2. The molecule has 0 radical (unpaired) electrons. The van der Waals surface area contributed by atoms with Crippen LogP contribution < -0.4 is 5.32 Å². The first kappa shape index (κ1) is 20.4. The van der Waals surface area contributed by atoms with Crippen molar-refractivity contribution in [3.05, 3.63) is 34.6 Å². The second kappa shape index (κ2) is 9.24. The molecular weight excluding hydrogens is 390 g/mol. The Hall–Kier alpha value is -1.33. The Labute approximate surface area is 169 Å². The van der Waals surface area contributed by atoms with E-state index in [1.54, 1.807) is 0 Å². The minimum Gasteiger partial charge on any atom is -0.351 e. The van der Waals surface area contributed by atoms with Crippen LogP contribution in [0.4, 0.5) is 4.39 Å². The van der Waals surface area contributed by atoms with E-state index in [0.29, 0.717) is 5.56 Å². The molecule has 4 nitrogen and oxygen atoms in total. The maximum absolute atomic E-state index is 13.5. The van der Waals surface area contributed by atoms with E-state index in [9.17, 15) is 14.0 Å². The topological polar surface area (TPSA) is 49.4 Å². The number of amides is 2. The van der Waals surface area contributed by atoms with Crippen molar-refractivity contribution in [2.24, 2.45) is 0 Å². The molecular formula is C20H25Cl2FN2O2. The van der Waals surface area contributed by atoms with Crippen LogP contribution in [0.2, 0.25) is 5.02 Å². The maximum Gasteiger partial charge on any atom is 0.247 e. The van der Waals surface area contributed by atoms with Crippen molar-refractivity contribution >= 4 is 35.0 Å². The Balaban J connectivity index is 1.90. The zero-order valence-electron chi connectivity index (χ0n) is 15.2. The summed E-state index contributed by atoms with van der Waals surface area (Å²) in [6.45, 7) is 0. The molecule has 1 unspecified atom stereocenters. The van der Waals surface area contributed by atoms with Crippen molar-refractivity contribution in [2.75, 3.05) is 5.88 Å². The molecule has 0 aromatic heterocycles. The third-order valence-electron chi connectivity index (χ3n) is 5.33. The van der Waals surface area contributed by atoms with Gasteiger partial charge in [0.1, 0.15) is 17.7 Å². The molecule has 1 aromatic rings. The van der Waals surface area contributed by atoms with Gasteiger partial charge >= 0.3 is 0 Å². The van der Waals surface area contributed by atoms with Gasteiger partial charge in [0.25, 0.3) is 0 Å². The van der Waals surface area contributed by atoms with Crippen LogP contribution in [0.3, 0.4) is 0 Å². The van der Waals surface area contributed by atoms with Gasteiger partial charge in [-0.15, -0.1) is 11.6 Å². The van der Waals surface area contributed by atoms with E-state index in [0.717, 1.165) is 38.5 Å². The molecule has 0 bridgehead atoms. The third kappa shape index (κ3) is 5.14. The highest BCUT2D eigenvalue weighted by atomic mass is 35.5. The standard InChI is InChI=1S/C20H25Cl2FN2O2/c21-12-18(26)25(15-8-9-15)19(16-10-7-13(23)11-17(16)22)20(27)24-14-5-3-1-2-4-6-14/h7,10-11,14-15,19H,1-6,8-9,12H2,(H,24,27). The molecule has 27 heavy (non-hydrogen) atoms. The van der Waals surface area contributed by atoms with Crippen LogP contribution in [0.15, 0.2) is 18.2 Å². The summed E-state index contributed by atoms with van der Waals surface area (Å²) in [7, 11) is 0. The van der Waals surface area contributed by atoms with Gasteiger partial charge in [-0.1, -0.05) is 43.4 Å². The number of carbonyl (C=O) groups is 2. The van der Waals surface area contributed by atoms with E-state index >= 15 is 0 Å². The number of alkyl halides is 1. The fourth-order valence-corrected chi connectivity index (χ4v) is 4.23. The van der Waals surface area contributed by atoms with Gasteiger partial charge in [0.05, 0.1) is 0 Å². The quantitative estimate of drug-likeness (QED) is 0.546. The van der Waals surface area contributed by atoms with Crippen LogP contribution >= 0.6 is 23.2 Å². The van der Waals surface area contributed by atoms with Crippen molar-refractivity contribution in [1.82, 2.24) is 10.2 Å². The number of rotatable bonds is 6. The molecule has 0 saturated heterocycles. The second-order valence-electron chi connectivity index (χ2n) is 7.43. The predicted molar refractivity (Wildman–Crippen MR) is 104 cm³/mol. The molecule has 2 aliphatic rings. The first-order valence-corrected chi connectivity index (χ1v) is 10.5. The van der Waals surface area contributed by atoms with Crippen LogP contribution in [0, 0.1) is 5.82 Å². The Morgan fingerprint density at radius 2 is 1.81 bits per heavy atom. The fraction of sp³-hybridized carbons (Fsp3) is 0.600. The lowest BCUT2D eigenvalue weighted by Gasteiger charge is -2.33. The van der Waals surface area contributed by atoms with Crippen LogP contribution in [-0.2, 0) is 9.59 Å². The highest BCUT2D eigenvalue weighted by Gasteiger charge is 2.42. The van der Waals surface area contributed by atoms with Crippen molar-refractivity contribution < 1.29 is 14.0 Å². The van der Waals surface area contributed by atoms with E-state index < -0.39 is 11.9 Å². The number of hydrogen-bond acceptors (Lipinski definition) is 2. The van der Waals surface area contributed by atoms with Gasteiger partial charge in [-0.25, -0.2) is 4.39 Å². The monoisotopic (exact) mass is 414 g/mol. The Morgan fingerprint density at radius 3 is 2.37 bits per heavy atom. The first-order valence-electron chi connectivity index (χ1n) is 9.63. The first-order chi connectivity index (χ1) is 13.0. The van der Waals surface area contributed by atoms with Crippen molar-refractivity contribution in [3.63, 3.8) is 0 Å². The molecule has 1 atom stereocenters. The number of carbonyl (C=O) groups excluding carboxylic acids is 2. The maximum atomic E-state index is 13.5. The minimum atomic E-state index is -0.889. The molecule has 0 aliphatic heterocycles. The number of benzene rings is 1. The zero-order valence-corrected chi connectivity index (χ0v) is 16.7. The summed E-state index contributed by atoms with van der Waals surface area (Å²) >= 11 is 12.1. The van der Waals surface area contributed by atoms with Crippen LogP contribution in [0.5, 0.6) is 0 Å². The lowest BCUT2D eigenvalue weighted by molar-refractivity contribution is -0.140. The number of nitrogens with zero attached hydrogens (tertiary/aromatic N) is 1. The smallest absolute Gasteiger partial charge is 0.247 e.